The molecule has 6 heteroatoms. The van der Waals surface area contributed by atoms with E-state index in [1.54, 1.807) is 6.92 Å². The lowest BCUT2D eigenvalue weighted by atomic mass is 10.3. The first-order valence-electron chi connectivity index (χ1n) is 4.55. The summed E-state index contributed by atoms with van der Waals surface area (Å²) in [6.07, 6.45) is 2.94. The van der Waals surface area contributed by atoms with E-state index >= 15 is 0 Å². The summed E-state index contributed by atoms with van der Waals surface area (Å²) < 4.78 is 22.4. The molecule has 1 unspecified atom stereocenters. The number of H-pyrrole nitrogens is 1. The molecular formula is C8H15N3O2S. The zero-order valence-corrected chi connectivity index (χ0v) is 9.43. The third-order valence-electron chi connectivity index (χ3n) is 2.04. The Hall–Kier alpha value is -0.910. The zero-order valence-electron chi connectivity index (χ0n) is 8.61. The summed E-state index contributed by atoms with van der Waals surface area (Å²) in [5, 5.41) is 5.99. The second kappa shape index (κ2) is 4.08. The molecule has 0 radical (unpaired) electrons. The SMILES string of the molecule is CCCc1nc(C(C)S(C)(=O)=O)n[nH]1. The highest BCUT2D eigenvalue weighted by Gasteiger charge is 2.21. The van der Waals surface area contributed by atoms with Crippen LogP contribution in [-0.4, -0.2) is 29.9 Å². The topological polar surface area (TPSA) is 75.7 Å². The molecule has 1 N–H and O–H groups in total. The molecule has 1 atom stereocenters. The molecule has 1 aromatic rings. The molecule has 0 aromatic carbocycles. The van der Waals surface area contributed by atoms with Crippen molar-refractivity contribution < 1.29 is 8.42 Å². The normalized spacial score (nSPS) is 14.2. The van der Waals surface area contributed by atoms with Crippen molar-refractivity contribution in [2.24, 2.45) is 0 Å². The van der Waals surface area contributed by atoms with Crippen molar-refractivity contribution in [3.8, 4) is 0 Å². The molecule has 1 aromatic heterocycles. The summed E-state index contributed by atoms with van der Waals surface area (Å²) in [6, 6.07) is 0. The molecule has 0 fully saturated rings. The molecule has 0 amide bonds. The number of sulfone groups is 1. The number of nitrogens with one attached hydrogen (secondary N) is 1. The van der Waals surface area contributed by atoms with Crippen molar-refractivity contribution in [2.75, 3.05) is 6.26 Å². The maximum absolute atomic E-state index is 11.2. The van der Waals surface area contributed by atoms with E-state index in [9.17, 15) is 8.42 Å². The van der Waals surface area contributed by atoms with Gasteiger partial charge < -0.3 is 0 Å². The number of rotatable bonds is 4. The lowest BCUT2D eigenvalue weighted by Crippen LogP contribution is -2.09. The van der Waals surface area contributed by atoms with E-state index in [-0.39, 0.29) is 0 Å². The van der Waals surface area contributed by atoms with Crippen LogP contribution in [0.3, 0.4) is 0 Å². The van der Waals surface area contributed by atoms with Gasteiger partial charge in [-0.05, 0) is 13.3 Å². The Morgan fingerprint density at radius 1 is 1.50 bits per heavy atom. The van der Waals surface area contributed by atoms with Crippen LogP contribution in [0.1, 0.15) is 37.2 Å². The number of hydrogen-bond acceptors (Lipinski definition) is 4. The van der Waals surface area contributed by atoms with Crippen molar-refractivity contribution >= 4 is 9.84 Å². The van der Waals surface area contributed by atoms with E-state index in [1.807, 2.05) is 6.92 Å². The molecule has 0 aliphatic carbocycles. The van der Waals surface area contributed by atoms with Crippen LogP contribution in [0.5, 0.6) is 0 Å². The highest BCUT2D eigenvalue weighted by molar-refractivity contribution is 7.90. The van der Waals surface area contributed by atoms with Gasteiger partial charge in [-0.1, -0.05) is 6.92 Å². The van der Waals surface area contributed by atoms with Gasteiger partial charge in [0.1, 0.15) is 11.1 Å². The molecule has 0 saturated heterocycles. The predicted molar refractivity (Wildman–Crippen MR) is 53.6 cm³/mol. The first kappa shape index (κ1) is 11.2. The summed E-state index contributed by atoms with van der Waals surface area (Å²) >= 11 is 0. The monoisotopic (exact) mass is 217 g/mol. The summed E-state index contributed by atoms with van der Waals surface area (Å²) in [4.78, 5) is 4.12. The molecule has 0 aliphatic rings. The zero-order chi connectivity index (χ0) is 10.8. The summed E-state index contributed by atoms with van der Waals surface area (Å²) in [5.74, 6) is 1.11. The third-order valence-corrected chi connectivity index (χ3v) is 3.54. The van der Waals surface area contributed by atoms with E-state index in [1.165, 1.54) is 6.26 Å². The van der Waals surface area contributed by atoms with Gasteiger partial charge in [0, 0.05) is 12.7 Å². The number of hydrogen-bond donors (Lipinski definition) is 1. The minimum Gasteiger partial charge on any atom is -0.263 e. The van der Waals surface area contributed by atoms with Crippen molar-refractivity contribution in [3.05, 3.63) is 11.6 Å². The fourth-order valence-corrected chi connectivity index (χ4v) is 1.52. The quantitative estimate of drug-likeness (QED) is 0.811. The lowest BCUT2D eigenvalue weighted by molar-refractivity contribution is 0.589. The molecule has 80 valence electrons. The Morgan fingerprint density at radius 2 is 2.14 bits per heavy atom. The standard InChI is InChI=1S/C8H15N3O2S/c1-4-5-7-9-8(11-10-7)6(2)14(3,12)13/h6H,4-5H2,1-3H3,(H,9,10,11). The molecule has 1 rings (SSSR count). The van der Waals surface area contributed by atoms with Crippen LogP contribution in [0, 0.1) is 0 Å². The van der Waals surface area contributed by atoms with E-state index < -0.39 is 15.1 Å². The van der Waals surface area contributed by atoms with E-state index in [0.29, 0.717) is 5.82 Å². The third kappa shape index (κ3) is 2.54. The number of aryl methyl sites for hydroxylation is 1. The van der Waals surface area contributed by atoms with Crippen LogP contribution in [0.15, 0.2) is 0 Å². The lowest BCUT2D eigenvalue weighted by Gasteiger charge is -2.02. The Morgan fingerprint density at radius 3 is 2.64 bits per heavy atom. The molecule has 14 heavy (non-hydrogen) atoms. The largest absolute Gasteiger partial charge is 0.263 e. The summed E-state index contributed by atoms with van der Waals surface area (Å²) in [7, 11) is -3.10. The van der Waals surface area contributed by atoms with Gasteiger partial charge >= 0.3 is 0 Å². The van der Waals surface area contributed by atoms with Crippen molar-refractivity contribution in [1.82, 2.24) is 15.2 Å². The fraction of sp³-hybridized carbons (Fsp3) is 0.750. The highest BCUT2D eigenvalue weighted by atomic mass is 32.2. The average molecular weight is 217 g/mol. The Balaban J connectivity index is 2.87. The maximum atomic E-state index is 11.2. The van der Waals surface area contributed by atoms with Crippen molar-refractivity contribution in [2.45, 2.75) is 31.9 Å². The second-order valence-corrected chi connectivity index (χ2v) is 5.73. The molecule has 0 spiro atoms. The molecule has 0 bridgehead atoms. The van der Waals surface area contributed by atoms with Crippen molar-refractivity contribution in [1.29, 1.82) is 0 Å². The molecular weight excluding hydrogens is 202 g/mol. The minimum absolute atomic E-state index is 0.357. The highest BCUT2D eigenvalue weighted by Crippen LogP contribution is 2.16. The Labute approximate surface area is 83.9 Å². The van der Waals surface area contributed by atoms with Crippen LogP contribution >= 0.6 is 0 Å². The van der Waals surface area contributed by atoms with Gasteiger partial charge in [-0.3, -0.25) is 5.10 Å². The van der Waals surface area contributed by atoms with Gasteiger partial charge in [0.05, 0.1) is 0 Å². The second-order valence-electron chi connectivity index (χ2n) is 3.36. The number of aromatic amines is 1. The van der Waals surface area contributed by atoms with E-state index in [0.717, 1.165) is 18.7 Å². The fourth-order valence-electron chi connectivity index (χ4n) is 1.03. The van der Waals surface area contributed by atoms with Crippen LogP contribution < -0.4 is 0 Å². The number of aromatic nitrogens is 3. The summed E-state index contributed by atoms with van der Waals surface area (Å²) in [6.45, 7) is 3.62. The van der Waals surface area contributed by atoms with Crippen LogP contribution in [0.4, 0.5) is 0 Å². The van der Waals surface area contributed by atoms with Gasteiger partial charge in [0.2, 0.25) is 0 Å². The predicted octanol–water partition coefficient (Wildman–Crippen LogP) is 0.863. The van der Waals surface area contributed by atoms with E-state index in [4.69, 9.17) is 0 Å². The van der Waals surface area contributed by atoms with Crippen LogP contribution in [0.2, 0.25) is 0 Å². The smallest absolute Gasteiger partial charge is 0.168 e. The van der Waals surface area contributed by atoms with Gasteiger partial charge in [-0.25, -0.2) is 13.4 Å². The van der Waals surface area contributed by atoms with Gasteiger partial charge in [0.25, 0.3) is 0 Å². The van der Waals surface area contributed by atoms with Crippen LogP contribution in [0.25, 0.3) is 0 Å². The molecule has 0 saturated carbocycles. The summed E-state index contributed by atoms with van der Waals surface area (Å²) in [5.41, 5.74) is 0. The van der Waals surface area contributed by atoms with Gasteiger partial charge in [0.15, 0.2) is 15.7 Å². The first-order chi connectivity index (χ1) is 6.45. The van der Waals surface area contributed by atoms with Gasteiger partial charge in [-0.2, -0.15) is 5.10 Å². The van der Waals surface area contributed by atoms with Crippen molar-refractivity contribution in [3.63, 3.8) is 0 Å². The maximum Gasteiger partial charge on any atom is 0.168 e. The Bertz CT molecular complexity index is 396. The molecule has 5 nitrogen and oxygen atoms in total. The average Bonchev–Trinajstić information content (AvgIpc) is 2.50. The Kier molecular flexibility index (Phi) is 3.25. The minimum atomic E-state index is -3.10. The van der Waals surface area contributed by atoms with Gasteiger partial charge in [-0.15, -0.1) is 0 Å². The first-order valence-corrected chi connectivity index (χ1v) is 6.50. The number of nitrogens with zero attached hydrogens (tertiary/aromatic N) is 2. The van der Waals surface area contributed by atoms with Crippen LogP contribution in [-0.2, 0) is 16.3 Å². The van der Waals surface area contributed by atoms with E-state index in [2.05, 4.69) is 15.2 Å². The molecule has 1 heterocycles. The molecule has 0 aliphatic heterocycles.